The molecular formula is C17H20F3NS. The van der Waals surface area contributed by atoms with Crippen molar-refractivity contribution in [2.24, 2.45) is 5.92 Å². The monoisotopic (exact) mass is 327 g/mol. The van der Waals surface area contributed by atoms with Crippen molar-refractivity contribution in [2.45, 2.75) is 40.0 Å². The van der Waals surface area contributed by atoms with Gasteiger partial charge in [-0.3, -0.25) is 0 Å². The van der Waals surface area contributed by atoms with Gasteiger partial charge in [0.05, 0.1) is 11.4 Å². The van der Waals surface area contributed by atoms with E-state index in [4.69, 9.17) is 0 Å². The van der Waals surface area contributed by atoms with Gasteiger partial charge in [-0.2, -0.15) is 4.39 Å². The number of hydrogen-bond acceptors (Lipinski definition) is 2. The minimum absolute atomic E-state index is 0.0464. The lowest BCUT2D eigenvalue weighted by atomic mass is 10.0. The van der Waals surface area contributed by atoms with Gasteiger partial charge in [0.15, 0.2) is 5.12 Å². The van der Waals surface area contributed by atoms with E-state index >= 15 is 0 Å². The fourth-order valence-electron chi connectivity index (χ4n) is 1.66. The predicted molar refractivity (Wildman–Crippen MR) is 89.3 cm³/mol. The number of hydrogen-bond donors (Lipinski definition) is 1. The van der Waals surface area contributed by atoms with Crippen molar-refractivity contribution in [1.82, 2.24) is 0 Å². The van der Waals surface area contributed by atoms with E-state index in [9.17, 15) is 13.2 Å². The van der Waals surface area contributed by atoms with Gasteiger partial charge in [-0.15, -0.1) is 5.73 Å². The van der Waals surface area contributed by atoms with Crippen LogP contribution in [0.4, 0.5) is 18.9 Å². The fraction of sp³-hybridized carbons (Fsp3) is 0.412. The molecule has 0 heterocycles. The highest BCUT2D eigenvalue weighted by molar-refractivity contribution is 7.80. The van der Waals surface area contributed by atoms with Crippen LogP contribution in [0.3, 0.4) is 0 Å². The minimum atomic E-state index is -2.66. The molecule has 120 valence electrons. The highest BCUT2D eigenvalue weighted by Crippen LogP contribution is 2.30. The summed E-state index contributed by atoms with van der Waals surface area (Å²) in [5.41, 5.74) is 3.68. The summed E-state index contributed by atoms with van der Waals surface area (Å²) in [4.78, 5) is 0. The van der Waals surface area contributed by atoms with Crippen LogP contribution in [0.2, 0.25) is 0 Å². The molecule has 0 bridgehead atoms. The van der Waals surface area contributed by atoms with Crippen LogP contribution in [0.1, 0.15) is 49.8 Å². The Morgan fingerprint density at radius 1 is 1.41 bits per heavy atom. The Kier molecular flexibility index (Phi) is 6.85. The maximum Gasteiger partial charge on any atom is 0.263 e. The van der Waals surface area contributed by atoms with E-state index in [1.807, 2.05) is 0 Å². The van der Waals surface area contributed by atoms with Gasteiger partial charge in [0.2, 0.25) is 0 Å². The molecule has 0 amide bonds. The number of allylic oxidation sites excluding steroid dienone is 1. The summed E-state index contributed by atoms with van der Waals surface area (Å²) in [7, 11) is 0. The lowest BCUT2D eigenvalue weighted by Gasteiger charge is -2.14. The summed E-state index contributed by atoms with van der Waals surface area (Å²) >= 11 is 4.45. The van der Waals surface area contributed by atoms with Crippen molar-refractivity contribution in [3.63, 3.8) is 0 Å². The van der Waals surface area contributed by atoms with Crippen LogP contribution >= 0.6 is 12.2 Å². The largest absolute Gasteiger partial charge is 0.352 e. The van der Waals surface area contributed by atoms with Gasteiger partial charge >= 0.3 is 0 Å². The number of rotatable bonds is 4. The molecule has 0 atom stereocenters. The molecule has 0 aliphatic heterocycles. The Morgan fingerprint density at radius 3 is 2.32 bits per heavy atom. The Balaban J connectivity index is 0.000000519. The van der Waals surface area contributed by atoms with Crippen LogP contribution in [0, 0.1) is 12.8 Å². The van der Waals surface area contributed by atoms with E-state index in [1.54, 1.807) is 13.8 Å². The van der Waals surface area contributed by atoms with Crippen molar-refractivity contribution < 1.29 is 13.2 Å². The van der Waals surface area contributed by atoms with Crippen molar-refractivity contribution in [3.8, 4) is 0 Å². The first-order valence-electron chi connectivity index (χ1n) is 7.02. The number of aryl methyl sites for hydroxylation is 1. The van der Waals surface area contributed by atoms with Crippen molar-refractivity contribution in [3.05, 3.63) is 46.8 Å². The molecule has 0 spiro atoms. The lowest BCUT2D eigenvalue weighted by Crippen LogP contribution is -2.05. The summed E-state index contributed by atoms with van der Waals surface area (Å²) < 4.78 is 38.5. The zero-order valence-corrected chi connectivity index (χ0v) is 13.8. The van der Waals surface area contributed by atoms with Gasteiger partial charge in [0, 0.05) is 11.1 Å². The molecule has 22 heavy (non-hydrogen) atoms. The third kappa shape index (κ3) is 5.66. The van der Waals surface area contributed by atoms with E-state index in [2.05, 4.69) is 36.8 Å². The van der Waals surface area contributed by atoms with Crippen LogP contribution < -0.4 is 5.32 Å². The molecule has 1 saturated carbocycles. The van der Waals surface area contributed by atoms with E-state index < -0.39 is 11.5 Å². The maximum absolute atomic E-state index is 13.3. The van der Waals surface area contributed by atoms with Crippen molar-refractivity contribution in [1.29, 1.82) is 0 Å². The smallest absolute Gasteiger partial charge is 0.263 e. The number of benzene rings is 1. The van der Waals surface area contributed by atoms with Crippen molar-refractivity contribution in [2.75, 3.05) is 5.32 Å². The summed E-state index contributed by atoms with van der Waals surface area (Å²) in [6.45, 7) is 9.00. The molecule has 0 unspecified atom stereocenters. The number of nitrogens with one attached hydrogen (secondary N) is 1. The van der Waals surface area contributed by atoms with E-state index in [0.717, 1.165) is 12.0 Å². The van der Waals surface area contributed by atoms with Gasteiger partial charge in [0.1, 0.15) is 0 Å². The average molecular weight is 327 g/mol. The minimum Gasteiger partial charge on any atom is -0.352 e. The van der Waals surface area contributed by atoms with Crippen LogP contribution in [-0.4, -0.2) is 5.12 Å². The van der Waals surface area contributed by atoms with Crippen LogP contribution in [0.15, 0.2) is 30.1 Å². The molecule has 2 rings (SSSR count). The van der Waals surface area contributed by atoms with Crippen LogP contribution in [0.5, 0.6) is 0 Å². The topological polar surface area (TPSA) is 12.0 Å². The Morgan fingerprint density at radius 2 is 1.95 bits per heavy atom. The first-order valence-corrected chi connectivity index (χ1v) is 7.43. The molecule has 0 aromatic heterocycles. The molecule has 5 heteroatoms. The molecule has 1 aromatic rings. The van der Waals surface area contributed by atoms with E-state index in [0.29, 0.717) is 16.9 Å². The quantitative estimate of drug-likeness (QED) is 0.408. The lowest BCUT2D eigenvalue weighted by molar-refractivity contribution is 0.151. The summed E-state index contributed by atoms with van der Waals surface area (Å²) in [5, 5.41) is 1.92. The summed E-state index contributed by atoms with van der Waals surface area (Å²) in [6.07, 6.45) is 0.307. The second kappa shape index (κ2) is 8.16. The average Bonchev–Trinajstić information content (AvgIpc) is 3.23. The molecule has 1 aliphatic rings. The Labute approximate surface area is 134 Å². The Bertz CT molecular complexity index is 600. The van der Waals surface area contributed by atoms with Gasteiger partial charge in [-0.1, -0.05) is 26.3 Å². The van der Waals surface area contributed by atoms with E-state index in [-0.39, 0.29) is 11.1 Å². The normalized spacial score (nSPS) is 13.0. The molecule has 1 aromatic carbocycles. The second-order valence-corrected chi connectivity index (χ2v) is 5.80. The van der Waals surface area contributed by atoms with Gasteiger partial charge in [-0.25, -0.2) is 8.78 Å². The highest BCUT2D eigenvalue weighted by atomic mass is 32.1. The summed E-state index contributed by atoms with van der Waals surface area (Å²) in [6, 6.07) is 2.35. The highest BCUT2D eigenvalue weighted by Gasteiger charge is 2.16. The third-order valence-corrected chi connectivity index (χ3v) is 3.49. The van der Waals surface area contributed by atoms with E-state index in [1.165, 1.54) is 18.9 Å². The zero-order chi connectivity index (χ0) is 16.9. The molecule has 1 nitrogen and oxygen atoms in total. The first kappa shape index (κ1) is 18.5. The van der Waals surface area contributed by atoms with Gasteiger partial charge < -0.3 is 5.32 Å². The second-order valence-electron chi connectivity index (χ2n) is 5.44. The molecule has 0 radical (unpaired) electrons. The molecule has 1 fully saturated rings. The molecule has 1 N–H and O–H groups in total. The fourth-order valence-corrected chi connectivity index (χ4v) is 1.82. The predicted octanol–water partition coefficient (Wildman–Crippen LogP) is 6.09. The van der Waals surface area contributed by atoms with Crippen LogP contribution in [0.25, 0.3) is 0 Å². The summed E-state index contributed by atoms with van der Waals surface area (Å²) in [5.74, 6) is 1.08. The van der Waals surface area contributed by atoms with Crippen LogP contribution in [-0.2, 0) is 0 Å². The number of thiocarbonyl (C=S) groups is 1. The number of halogens is 3. The van der Waals surface area contributed by atoms with Crippen molar-refractivity contribution >= 4 is 23.0 Å². The molecule has 1 aliphatic carbocycles. The Hall–Kier alpha value is -1.58. The number of alkyl halides is 2. The third-order valence-electron chi connectivity index (χ3n) is 3.27. The molecular weight excluding hydrogens is 307 g/mol. The molecule has 0 saturated heterocycles. The maximum atomic E-state index is 13.3. The first-order chi connectivity index (χ1) is 10.3. The SMILES string of the molecule is C=C=C(C)Nc1c(C)cc(C(F)F)cc1C(F)=S.CC1CC1. The number of anilines is 1. The van der Waals surface area contributed by atoms with Gasteiger partial charge in [-0.05, 0) is 49.7 Å². The standard InChI is InChI=1S/C13H12F3NS.C4H8/c1-4-8(3)17-11-7(2)5-9(12(14)15)6-10(11)13(16)18;1-4-2-3-4/h5-6,12,17H,1H2,2-3H3;4H,2-3H2,1H3. The zero-order valence-electron chi connectivity index (χ0n) is 13.0. The van der Waals surface area contributed by atoms with Gasteiger partial charge in [0.25, 0.3) is 6.43 Å².